The molecule has 2 N–H and O–H groups in total. The van der Waals surface area contributed by atoms with E-state index in [0.29, 0.717) is 6.42 Å². The van der Waals surface area contributed by atoms with Crippen LogP contribution in [0.1, 0.15) is 25.3 Å². The van der Waals surface area contributed by atoms with Crippen LogP contribution in [0.5, 0.6) is 0 Å². The lowest BCUT2D eigenvalue weighted by Crippen LogP contribution is -2.20. The smallest absolute Gasteiger partial charge is 0.150 e. The van der Waals surface area contributed by atoms with Gasteiger partial charge in [0.25, 0.3) is 0 Å². The van der Waals surface area contributed by atoms with E-state index in [1.54, 1.807) is 6.07 Å². The maximum Gasteiger partial charge on any atom is 0.150 e. The lowest BCUT2D eigenvalue weighted by Gasteiger charge is -2.13. The van der Waals surface area contributed by atoms with Gasteiger partial charge in [-0.2, -0.15) is 5.26 Å². The van der Waals surface area contributed by atoms with E-state index in [2.05, 4.69) is 5.32 Å². The zero-order valence-corrected chi connectivity index (χ0v) is 9.50. The van der Waals surface area contributed by atoms with Crippen LogP contribution in [0, 0.1) is 23.0 Å². The number of hydrogen-bond donors (Lipinski definition) is 2. The van der Waals surface area contributed by atoms with Crippen LogP contribution in [0.2, 0.25) is 0 Å². The number of nitrogens with zero attached hydrogens (tertiary/aromatic N) is 1. The molecular formula is C12H14F2N2O. The molecule has 17 heavy (non-hydrogen) atoms. The minimum atomic E-state index is -0.828. The fraction of sp³-hybridized carbons (Fsp3) is 0.417. The van der Waals surface area contributed by atoms with Gasteiger partial charge in [0, 0.05) is 6.54 Å². The van der Waals surface area contributed by atoms with E-state index in [0.717, 1.165) is 18.6 Å². The van der Waals surface area contributed by atoms with Crippen LogP contribution >= 0.6 is 0 Å². The van der Waals surface area contributed by atoms with Crippen molar-refractivity contribution in [1.29, 1.82) is 5.26 Å². The van der Waals surface area contributed by atoms with Crippen LogP contribution in [-0.4, -0.2) is 17.8 Å². The Kier molecular flexibility index (Phi) is 4.85. The van der Waals surface area contributed by atoms with Gasteiger partial charge in [0.15, 0.2) is 11.6 Å². The van der Waals surface area contributed by atoms with Crippen molar-refractivity contribution >= 4 is 5.69 Å². The molecule has 0 amide bonds. The average Bonchev–Trinajstić information content (AvgIpc) is 2.28. The normalized spacial score (nSPS) is 11.9. The minimum Gasteiger partial charge on any atom is -0.391 e. The summed E-state index contributed by atoms with van der Waals surface area (Å²) in [5.41, 5.74) is -0.376. The summed E-state index contributed by atoms with van der Waals surface area (Å²) < 4.78 is 26.8. The Morgan fingerprint density at radius 3 is 2.47 bits per heavy atom. The summed E-state index contributed by atoms with van der Waals surface area (Å²) in [5.74, 6) is -1.66. The largest absolute Gasteiger partial charge is 0.391 e. The standard InChI is InChI=1S/C12H14F2N2O/c1-2-3-9(17)7-16-12-10(13)4-8(6-15)5-11(12)14/h4-5,9,16-17H,2-3,7H2,1H3/t9-/m0/s1. The number of halogens is 2. The maximum atomic E-state index is 13.4. The number of nitriles is 1. The first-order valence-corrected chi connectivity index (χ1v) is 5.39. The molecule has 1 aromatic carbocycles. The lowest BCUT2D eigenvalue weighted by atomic mass is 10.2. The van der Waals surface area contributed by atoms with Gasteiger partial charge in [-0.25, -0.2) is 8.78 Å². The predicted octanol–water partition coefficient (Wildman–Crippen LogP) is 2.41. The van der Waals surface area contributed by atoms with E-state index in [4.69, 9.17) is 5.26 Å². The van der Waals surface area contributed by atoms with E-state index in [1.807, 2.05) is 6.92 Å². The van der Waals surface area contributed by atoms with Crippen LogP contribution in [0.25, 0.3) is 0 Å². The monoisotopic (exact) mass is 240 g/mol. The zero-order chi connectivity index (χ0) is 12.8. The molecule has 0 heterocycles. The van der Waals surface area contributed by atoms with Crippen molar-refractivity contribution in [2.75, 3.05) is 11.9 Å². The van der Waals surface area contributed by atoms with Crippen molar-refractivity contribution in [2.24, 2.45) is 0 Å². The molecule has 0 saturated heterocycles. The summed E-state index contributed by atoms with van der Waals surface area (Å²) in [6.07, 6.45) is 0.711. The van der Waals surface area contributed by atoms with Gasteiger partial charge >= 0.3 is 0 Å². The molecule has 1 atom stereocenters. The van der Waals surface area contributed by atoms with Crippen LogP contribution in [0.4, 0.5) is 14.5 Å². The molecule has 5 heteroatoms. The number of nitrogens with one attached hydrogen (secondary N) is 1. The summed E-state index contributed by atoms with van der Waals surface area (Å²) in [5, 5.41) is 20.5. The Morgan fingerprint density at radius 2 is 2.00 bits per heavy atom. The van der Waals surface area contributed by atoms with Crippen LogP contribution in [-0.2, 0) is 0 Å². The van der Waals surface area contributed by atoms with Crippen molar-refractivity contribution < 1.29 is 13.9 Å². The molecule has 3 nitrogen and oxygen atoms in total. The second-order valence-corrected chi connectivity index (χ2v) is 3.75. The predicted molar refractivity (Wildman–Crippen MR) is 60.5 cm³/mol. The van der Waals surface area contributed by atoms with Gasteiger partial charge in [0.05, 0.1) is 17.7 Å². The molecule has 0 saturated carbocycles. The van der Waals surface area contributed by atoms with Crippen molar-refractivity contribution in [2.45, 2.75) is 25.9 Å². The summed E-state index contributed by atoms with van der Waals surface area (Å²) in [4.78, 5) is 0. The summed E-state index contributed by atoms with van der Waals surface area (Å²) >= 11 is 0. The minimum absolute atomic E-state index is 0.0698. The van der Waals surface area contributed by atoms with Gasteiger partial charge in [0.1, 0.15) is 5.69 Å². The van der Waals surface area contributed by atoms with E-state index < -0.39 is 17.7 Å². The maximum absolute atomic E-state index is 13.4. The zero-order valence-electron chi connectivity index (χ0n) is 9.50. The highest BCUT2D eigenvalue weighted by molar-refractivity contribution is 5.50. The molecule has 0 aliphatic rings. The van der Waals surface area contributed by atoms with E-state index >= 15 is 0 Å². The Bertz CT molecular complexity index is 406. The fourth-order valence-corrected chi connectivity index (χ4v) is 1.46. The molecule has 1 rings (SSSR count). The number of aliphatic hydroxyl groups is 1. The van der Waals surface area contributed by atoms with Crippen LogP contribution < -0.4 is 5.32 Å². The summed E-state index contributed by atoms with van der Waals surface area (Å²) in [7, 11) is 0. The van der Waals surface area contributed by atoms with Gasteiger partial charge < -0.3 is 10.4 Å². The lowest BCUT2D eigenvalue weighted by molar-refractivity contribution is 0.176. The molecule has 0 spiro atoms. The van der Waals surface area contributed by atoms with Gasteiger partial charge in [0.2, 0.25) is 0 Å². The molecule has 92 valence electrons. The third-order valence-electron chi connectivity index (χ3n) is 2.31. The first-order valence-electron chi connectivity index (χ1n) is 5.39. The van der Waals surface area contributed by atoms with Gasteiger partial charge in [-0.1, -0.05) is 13.3 Å². The SMILES string of the molecule is CCC[C@H](O)CNc1c(F)cc(C#N)cc1F. The fourth-order valence-electron chi connectivity index (χ4n) is 1.46. The molecule has 1 aromatic rings. The average molecular weight is 240 g/mol. The number of hydrogen-bond acceptors (Lipinski definition) is 3. The second-order valence-electron chi connectivity index (χ2n) is 3.75. The first-order chi connectivity index (χ1) is 8.08. The Balaban J connectivity index is 2.75. The first kappa shape index (κ1) is 13.4. The highest BCUT2D eigenvalue weighted by Gasteiger charge is 2.12. The number of aliphatic hydroxyl groups excluding tert-OH is 1. The molecule has 0 aliphatic heterocycles. The highest BCUT2D eigenvalue weighted by Crippen LogP contribution is 2.20. The number of rotatable bonds is 5. The van der Waals surface area contributed by atoms with Crippen LogP contribution in [0.3, 0.4) is 0 Å². The van der Waals surface area contributed by atoms with Gasteiger partial charge in [-0.05, 0) is 18.6 Å². The summed E-state index contributed by atoms with van der Waals surface area (Å²) in [6, 6.07) is 3.58. The second kappa shape index (κ2) is 6.16. The number of anilines is 1. The quantitative estimate of drug-likeness (QED) is 0.831. The topological polar surface area (TPSA) is 56.0 Å². The number of benzene rings is 1. The Morgan fingerprint density at radius 1 is 1.41 bits per heavy atom. The van der Waals surface area contributed by atoms with Crippen molar-refractivity contribution in [3.63, 3.8) is 0 Å². The van der Waals surface area contributed by atoms with Crippen LogP contribution in [0.15, 0.2) is 12.1 Å². The van der Waals surface area contributed by atoms with E-state index in [1.165, 1.54) is 0 Å². The molecular weight excluding hydrogens is 226 g/mol. The Labute approximate surface area is 98.7 Å². The van der Waals surface area contributed by atoms with E-state index in [9.17, 15) is 13.9 Å². The molecule has 0 aromatic heterocycles. The summed E-state index contributed by atoms with van der Waals surface area (Å²) in [6.45, 7) is 1.99. The highest BCUT2D eigenvalue weighted by atomic mass is 19.1. The molecule has 0 fully saturated rings. The van der Waals surface area contributed by atoms with E-state index in [-0.39, 0.29) is 17.8 Å². The molecule has 0 radical (unpaired) electrons. The molecule has 0 aliphatic carbocycles. The Hall–Kier alpha value is -1.67. The van der Waals surface area contributed by atoms with Gasteiger partial charge in [-0.3, -0.25) is 0 Å². The third kappa shape index (κ3) is 3.68. The molecule has 0 bridgehead atoms. The molecule has 0 unspecified atom stereocenters. The van der Waals surface area contributed by atoms with Crippen molar-refractivity contribution in [1.82, 2.24) is 0 Å². The van der Waals surface area contributed by atoms with Crippen molar-refractivity contribution in [3.05, 3.63) is 29.3 Å². The van der Waals surface area contributed by atoms with Gasteiger partial charge in [-0.15, -0.1) is 0 Å². The van der Waals surface area contributed by atoms with Crippen molar-refractivity contribution in [3.8, 4) is 6.07 Å². The third-order valence-corrected chi connectivity index (χ3v) is 2.31.